The largest absolute Gasteiger partial charge is 0.210 e. The van der Waals surface area contributed by atoms with E-state index in [0.717, 1.165) is 0 Å². The van der Waals surface area contributed by atoms with E-state index in [1.165, 1.54) is 0 Å². The van der Waals surface area contributed by atoms with Gasteiger partial charge >= 0.3 is 0 Å². The van der Waals surface area contributed by atoms with E-state index in [-0.39, 0.29) is 5.83 Å². The lowest BCUT2D eigenvalue weighted by molar-refractivity contribution is 0.507. The quantitative estimate of drug-likeness (QED) is 0.478. The number of rotatable bonds is 0. The van der Waals surface area contributed by atoms with Crippen molar-refractivity contribution in [2.45, 2.75) is 25.1 Å². The maximum Gasteiger partial charge on any atom is 0.124 e. The van der Waals surface area contributed by atoms with Crippen molar-refractivity contribution in [2.75, 3.05) is 0 Å². The maximum atomic E-state index is 13.1. The zero-order chi connectivity index (χ0) is 7.78. The van der Waals surface area contributed by atoms with Crippen molar-refractivity contribution >= 4 is 11.6 Å². The molecule has 0 aromatic rings. The first-order chi connectivity index (χ1) is 4.54. The zero-order valence-electron chi connectivity index (χ0n) is 6.12. The van der Waals surface area contributed by atoms with Crippen molar-refractivity contribution in [3.63, 3.8) is 0 Å². The molecule has 56 valence electrons. The van der Waals surface area contributed by atoms with Gasteiger partial charge in [0.15, 0.2) is 0 Å². The van der Waals surface area contributed by atoms with Gasteiger partial charge in [0, 0.05) is 0 Å². The molecule has 0 N–H and O–H groups in total. The number of hydrogen-bond acceptors (Lipinski definition) is 0. The standard InChI is InChI=1S/C8H10ClF/c1-6-4-3-5-8(2,9)7(6)10/h3-4H,5H2,1-2H3. The first-order valence-corrected chi connectivity index (χ1v) is 3.64. The Morgan fingerprint density at radius 3 is 2.70 bits per heavy atom. The van der Waals surface area contributed by atoms with Crippen LogP contribution in [0.15, 0.2) is 23.6 Å². The van der Waals surface area contributed by atoms with Crippen LogP contribution >= 0.6 is 11.6 Å². The summed E-state index contributed by atoms with van der Waals surface area (Å²) in [7, 11) is 0. The Morgan fingerprint density at radius 1 is 1.70 bits per heavy atom. The fourth-order valence-corrected chi connectivity index (χ4v) is 1.27. The first kappa shape index (κ1) is 7.80. The Bertz CT molecular complexity index is 201. The molecule has 0 aliphatic heterocycles. The van der Waals surface area contributed by atoms with Crippen LogP contribution in [0.3, 0.4) is 0 Å². The van der Waals surface area contributed by atoms with Crippen LogP contribution in [0, 0.1) is 0 Å². The SMILES string of the molecule is CC1=C(F)C(C)(Cl)CC=C1. The molecule has 0 saturated heterocycles. The lowest BCUT2D eigenvalue weighted by Gasteiger charge is -2.22. The molecule has 1 aliphatic rings. The van der Waals surface area contributed by atoms with Crippen LogP contribution < -0.4 is 0 Å². The summed E-state index contributed by atoms with van der Waals surface area (Å²) in [5.74, 6) is -0.198. The summed E-state index contributed by atoms with van der Waals surface area (Å²) in [6.07, 6.45) is 4.24. The van der Waals surface area contributed by atoms with E-state index in [2.05, 4.69) is 0 Å². The smallest absolute Gasteiger partial charge is 0.124 e. The van der Waals surface area contributed by atoms with Crippen LogP contribution in [0.1, 0.15) is 20.3 Å². The van der Waals surface area contributed by atoms with Gasteiger partial charge in [-0.3, -0.25) is 0 Å². The van der Waals surface area contributed by atoms with Gasteiger partial charge in [-0.05, 0) is 25.8 Å². The fraction of sp³-hybridized carbons (Fsp3) is 0.500. The molecule has 0 radical (unpaired) electrons. The molecule has 0 heterocycles. The molecule has 1 atom stereocenters. The van der Waals surface area contributed by atoms with Crippen LogP contribution in [0.4, 0.5) is 4.39 Å². The van der Waals surface area contributed by atoms with Crippen LogP contribution in [-0.4, -0.2) is 4.87 Å². The summed E-state index contributed by atoms with van der Waals surface area (Å²) in [6, 6.07) is 0. The lowest BCUT2D eigenvalue weighted by atomic mass is 9.96. The summed E-state index contributed by atoms with van der Waals surface area (Å²) < 4.78 is 13.1. The van der Waals surface area contributed by atoms with Crippen molar-refractivity contribution in [2.24, 2.45) is 0 Å². The highest BCUT2D eigenvalue weighted by atomic mass is 35.5. The number of allylic oxidation sites excluding steroid dienone is 4. The molecule has 10 heavy (non-hydrogen) atoms. The average molecular weight is 161 g/mol. The maximum absolute atomic E-state index is 13.1. The summed E-state index contributed by atoms with van der Waals surface area (Å²) in [5, 5.41) is 0. The van der Waals surface area contributed by atoms with Gasteiger partial charge in [-0.2, -0.15) is 0 Å². The third-order valence-electron chi connectivity index (χ3n) is 1.67. The normalized spacial score (nSPS) is 33.2. The van der Waals surface area contributed by atoms with E-state index >= 15 is 0 Å². The van der Waals surface area contributed by atoms with Crippen LogP contribution in [-0.2, 0) is 0 Å². The molecule has 0 aromatic heterocycles. The van der Waals surface area contributed by atoms with Gasteiger partial charge in [-0.25, -0.2) is 4.39 Å². The molecule has 1 unspecified atom stereocenters. The minimum absolute atomic E-state index is 0.198. The summed E-state index contributed by atoms with van der Waals surface area (Å²) in [6.45, 7) is 3.42. The molecule has 1 rings (SSSR count). The van der Waals surface area contributed by atoms with E-state index in [4.69, 9.17) is 11.6 Å². The predicted octanol–water partition coefficient (Wildman–Crippen LogP) is 3.19. The Balaban J connectivity index is 2.99. The Labute approximate surface area is 65.4 Å². The van der Waals surface area contributed by atoms with Crippen LogP contribution in [0.5, 0.6) is 0 Å². The van der Waals surface area contributed by atoms with Gasteiger partial charge in [0.2, 0.25) is 0 Å². The second kappa shape index (κ2) is 2.39. The third kappa shape index (κ3) is 1.24. The van der Waals surface area contributed by atoms with Crippen molar-refractivity contribution in [1.29, 1.82) is 0 Å². The zero-order valence-corrected chi connectivity index (χ0v) is 6.87. The number of hydrogen-bond donors (Lipinski definition) is 0. The summed E-state index contributed by atoms with van der Waals surface area (Å²) in [5.41, 5.74) is 0.642. The summed E-state index contributed by atoms with van der Waals surface area (Å²) in [4.78, 5) is -0.793. The van der Waals surface area contributed by atoms with E-state index in [1.807, 2.05) is 6.08 Å². The van der Waals surface area contributed by atoms with Gasteiger partial charge in [0.25, 0.3) is 0 Å². The average Bonchev–Trinajstić information content (AvgIpc) is 1.83. The van der Waals surface area contributed by atoms with Crippen molar-refractivity contribution in [1.82, 2.24) is 0 Å². The van der Waals surface area contributed by atoms with Crippen LogP contribution in [0.2, 0.25) is 0 Å². The Hall–Kier alpha value is -0.300. The second-order valence-corrected chi connectivity index (χ2v) is 3.64. The molecule has 2 heteroatoms. The minimum atomic E-state index is -0.793. The van der Waals surface area contributed by atoms with Gasteiger partial charge in [-0.15, -0.1) is 11.6 Å². The highest BCUT2D eigenvalue weighted by molar-refractivity contribution is 6.25. The second-order valence-electron chi connectivity index (χ2n) is 2.80. The van der Waals surface area contributed by atoms with Crippen molar-refractivity contribution in [3.05, 3.63) is 23.6 Å². The Morgan fingerprint density at radius 2 is 2.30 bits per heavy atom. The number of halogens is 2. The molecule has 0 saturated carbocycles. The molecular weight excluding hydrogens is 151 g/mol. The highest BCUT2D eigenvalue weighted by Crippen LogP contribution is 2.35. The van der Waals surface area contributed by atoms with Gasteiger partial charge in [0.05, 0.1) is 4.87 Å². The van der Waals surface area contributed by atoms with Crippen molar-refractivity contribution < 1.29 is 4.39 Å². The molecule has 0 nitrogen and oxygen atoms in total. The molecule has 0 spiro atoms. The molecular formula is C8H10ClF. The third-order valence-corrected chi connectivity index (χ3v) is 1.99. The van der Waals surface area contributed by atoms with Gasteiger partial charge in [0.1, 0.15) is 5.83 Å². The highest BCUT2D eigenvalue weighted by Gasteiger charge is 2.28. The topological polar surface area (TPSA) is 0 Å². The lowest BCUT2D eigenvalue weighted by Crippen LogP contribution is -2.19. The van der Waals surface area contributed by atoms with Gasteiger partial charge < -0.3 is 0 Å². The minimum Gasteiger partial charge on any atom is -0.210 e. The molecule has 0 aromatic carbocycles. The summed E-state index contributed by atoms with van der Waals surface area (Å²) >= 11 is 5.83. The molecule has 0 amide bonds. The number of alkyl halides is 1. The van der Waals surface area contributed by atoms with E-state index in [0.29, 0.717) is 12.0 Å². The first-order valence-electron chi connectivity index (χ1n) is 3.26. The van der Waals surface area contributed by atoms with Crippen molar-refractivity contribution in [3.8, 4) is 0 Å². The molecule has 0 fully saturated rings. The van der Waals surface area contributed by atoms with Crippen LogP contribution in [0.25, 0.3) is 0 Å². The fourth-order valence-electron chi connectivity index (χ4n) is 1.03. The monoisotopic (exact) mass is 160 g/mol. The Kier molecular flexibility index (Phi) is 1.86. The molecule has 0 bridgehead atoms. The molecule has 1 aliphatic carbocycles. The van der Waals surface area contributed by atoms with E-state index < -0.39 is 4.87 Å². The predicted molar refractivity (Wildman–Crippen MR) is 41.8 cm³/mol. The van der Waals surface area contributed by atoms with E-state index in [1.54, 1.807) is 19.9 Å². The van der Waals surface area contributed by atoms with E-state index in [9.17, 15) is 4.39 Å². The van der Waals surface area contributed by atoms with Gasteiger partial charge in [-0.1, -0.05) is 12.2 Å².